The van der Waals surface area contributed by atoms with Crippen LogP contribution in [0, 0.1) is 6.92 Å². The number of halogens is 3. The van der Waals surface area contributed by atoms with Crippen molar-refractivity contribution in [1.82, 2.24) is 5.32 Å². The Morgan fingerprint density at radius 3 is 2.14 bits per heavy atom. The Labute approximate surface area is 125 Å². The molecular formula is C14H17F3N2O3. The zero-order chi connectivity index (χ0) is 17.0. The molecule has 0 aliphatic heterocycles. The van der Waals surface area contributed by atoms with Crippen LogP contribution in [-0.2, 0) is 14.3 Å². The lowest BCUT2D eigenvalue weighted by atomic mass is 10.1. The number of aryl methyl sites for hydroxylation is 1. The SMILES string of the molecule is CCOC(=O)[C@](NC(C)=O)(Nc1ccc(C)cc1)C(F)(F)F. The third-order valence-electron chi connectivity index (χ3n) is 2.75. The van der Waals surface area contributed by atoms with Crippen molar-refractivity contribution in [3.63, 3.8) is 0 Å². The van der Waals surface area contributed by atoms with Gasteiger partial charge in [-0.05, 0) is 26.0 Å². The van der Waals surface area contributed by atoms with Crippen LogP contribution in [0.1, 0.15) is 19.4 Å². The minimum Gasteiger partial charge on any atom is -0.463 e. The number of alkyl halides is 3. The van der Waals surface area contributed by atoms with E-state index in [0.29, 0.717) is 0 Å². The summed E-state index contributed by atoms with van der Waals surface area (Å²) >= 11 is 0. The molecule has 0 bridgehead atoms. The lowest BCUT2D eigenvalue weighted by Gasteiger charge is -2.35. The molecule has 1 aromatic carbocycles. The topological polar surface area (TPSA) is 67.4 Å². The molecule has 0 unspecified atom stereocenters. The van der Waals surface area contributed by atoms with Crippen LogP contribution in [0.25, 0.3) is 0 Å². The number of benzene rings is 1. The van der Waals surface area contributed by atoms with Gasteiger partial charge < -0.3 is 15.4 Å². The summed E-state index contributed by atoms with van der Waals surface area (Å²) in [4.78, 5) is 23.1. The highest BCUT2D eigenvalue weighted by molar-refractivity contribution is 5.90. The van der Waals surface area contributed by atoms with Crippen molar-refractivity contribution in [2.24, 2.45) is 0 Å². The summed E-state index contributed by atoms with van der Waals surface area (Å²) in [6, 6.07) is 5.89. The first-order chi connectivity index (χ1) is 10.1. The second kappa shape index (κ2) is 6.67. The maximum Gasteiger partial charge on any atom is 0.441 e. The lowest BCUT2D eigenvalue weighted by molar-refractivity contribution is -0.207. The van der Waals surface area contributed by atoms with Crippen LogP contribution in [0.3, 0.4) is 0 Å². The van der Waals surface area contributed by atoms with Crippen molar-refractivity contribution in [3.8, 4) is 0 Å². The van der Waals surface area contributed by atoms with E-state index in [1.54, 1.807) is 24.4 Å². The number of hydrogen-bond donors (Lipinski definition) is 2. The highest BCUT2D eigenvalue weighted by atomic mass is 19.4. The third-order valence-corrected chi connectivity index (χ3v) is 2.75. The van der Waals surface area contributed by atoms with Gasteiger partial charge in [-0.2, -0.15) is 13.2 Å². The second-order valence-electron chi connectivity index (χ2n) is 4.64. The molecule has 1 amide bonds. The van der Waals surface area contributed by atoms with Gasteiger partial charge in [-0.1, -0.05) is 17.7 Å². The number of nitrogens with one attached hydrogen (secondary N) is 2. The Morgan fingerprint density at radius 2 is 1.73 bits per heavy atom. The van der Waals surface area contributed by atoms with Crippen LogP contribution in [0.4, 0.5) is 18.9 Å². The summed E-state index contributed by atoms with van der Waals surface area (Å²) in [5.74, 6) is -2.65. The largest absolute Gasteiger partial charge is 0.463 e. The zero-order valence-corrected chi connectivity index (χ0v) is 12.4. The van der Waals surface area contributed by atoms with Crippen LogP contribution in [0.5, 0.6) is 0 Å². The Bertz CT molecular complexity index is 543. The van der Waals surface area contributed by atoms with Crippen molar-refractivity contribution < 1.29 is 27.5 Å². The van der Waals surface area contributed by atoms with Gasteiger partial charge in [0.2, 0.25) is 5.91 Å². The van der Waals surface area contributed by atoms with E-state index in [1.807, 2.05) is 5.32 Å². The molecule has 0 aromatic heterocycles. The third kappa shape index (κ3) is 3.90. The van der Waals surface area contributed by atoms with E-state index in [-0.39, 0.29) is 12.3 Å². The van der Waals surface area contributed by atoms with E-state index in [9.17, 15) is 22.8 Å². The normalized spacial score (nSPS) is 13.9. The summed E-state index contributed by atoms with van der Waals surface area (Å²) < 4.78 is 45.0. The van der Waals surface area contributed by atoms with E-state index < -0.39 is 23.7 Å². The van der Waals surface area contributed by atoms with Crippen LogP contribution >= 0.6 is 0 Å². The molecular weight excluding hydrogens is 301 g/mol. The molecule has 2 N–H and O–H groups in total. The van der Waals surface area contributed by atoms with Crippen molar-refractivity contribution >= 4 is 17.6 Å². The molecule has 0 saturated heterocycles. The molecule has 1 atom stereocenters. The van der Waals surface area contributed by atoms with Gasteiger partial charge in [-0.25, -0.2) is 4.79 Å². The van der Waals surface area contributed by atoms with Crippen LogP contribution < -0.4 is 10.6 Å². The van der Waals surface area contributed by atoms with Crippen molar-refractivity contribution in [2.75, 3.05) is 11.9 Å². The van der Waals surface area contributed by atoms with Crippen LogP contribution in [0.15, 0.2) is 24.3 Å². The Balaban J connectivity index is 3.31. The smallest absolute Gasteiger partial charge is 0.441 e. The Morgan fingerprint density at radius 1 is 1.18 bits per heavy atom. The van der Waals surface area contributed by atoms with Gasteiger partial charge in [0.1, 0.15) is 0 Å². The molecule has 22 heavy (non-hydrogen) atoms. The van der Waals surface area contributed by atoms with Gasteiger partial charge in [-0.3, -0.25) is 4.79 Å². The highest BCUT2D eigenvalue weighted by Gasteiger charge is 2.63. The van der Waals surface area contributed by atoms with E-state index in [0.717, 1.165) is 12.5 Å². The van der Waals surface area contributed by atoms with Crippen molar-refractivity contribution in [3.05, 3.63) is 29.8 Å². The van der Waals surface area contributed by atoms with E-state index >= 15 is 0 Å². The summed E-state index contributed by atoms with van der Waals surface area (Å²) in [5, 5.41) is 3.68. The van der Waals surface area contributed by atoms with E-state index in [2.05, 4.69) is 4.74 Å². The fraction of sp³-hybridized carbons (Fsp3) is 0.429. The minimum absolute atomic E-state index is 0.0183. The fourth-order valence-corrected chi connectivity index (χ4v) is 1.75. The molecule has 122 valence electrons. The monoisotopic (exact) mass is 318 g/mol. The summed E-state index contributed by atoms with van der Waals surface area (Å²) in [6.07, 6.45) is -5.10. The molecule has 1 rings (SSSR count). The molecule has 0 heterocycles. The van der Waals surface area contributed by atoms with Gasteiger partial charge in [0.05, 0.1) is 6.61 Å². The standard InChI is InChI=1S/C14H17F3N2O3/c1-4-22-12(21)13(14(15,16)17,18-10(3)20)19-11-7-5-9(2)6-8-11/h5-8,19H,4H2,1-3H3,(H,18,20)/t13-/m0/s1. The number of ether oxygens (including phenoxy) is 1. The molecule has 5 nitrogen and oxygen atoms in total. The molecule has 8 heteroatoms. The summed E-state index contributed by atoms with van der Waals surface area (Å²) in [5.41, 5.74) is -2.49. The van der Waals surface area contributed by atoms with Gasteiger partial charge in [0.25, 0.3) is 0 Å². The predicted molar refractivity (Wildman–Crippen MR) is 74.0 cm³/mol. The highest BCUT2D eigenvalue weighted by Crippen LogP contribution is 2.33. The summed E-state index contributed by atoms with van der Waals surface area (Å²) in [6.45, 7) is 3.76. The molecule has 0 aliphatic carbocycles. The maximum atomic E-state index is 13.5. The molecule has 0 fully saturated rings. The number of esters is 1. The first-order valence-electron chi connectivity index (χ1n) is 6.50. The lowest BCUT2D eigenvalue weighted by Crippen LogP contribution is -2.69. The number of rotatable bonds is 5. The summed E-state index contributed by atoms with van der Waals surface area (Å²) in [7, 11) is 0. The Hall–Kier alpha value is -2.25. The van der Waals surface area contributed by atoms with Gasteiger partial charge in [-0.15, -0.1) is 0 Å². The average molecular weight is 318 g/mol. The fourth-order valence-electron chi connectivity index (χ4n) is 1.75. The van der Waals surface area contributed by atoms with Crippen molar-refractivity contribution in [1.29, 1.82) is 0 Å². The Kier molecular flexibility index (Phi) is 5.40. The molecule has 0 aliphatic rings. The molecule has 0 radical (unpaired) electrons. The van der Waals surface area contributed by atoms with Crippen molar-refractivity contribution in [2.45, 2.75) is 32.6 Å². The minimum atomic E-state index is -5.10. The number of amides is 1. The van der Waals surface area contributed by atoms with Crippen LogP contribution in [0.2, 0.25) is 0 Å². The number of carbonyl (C=O) groups is 2. The van der Waals surface area contributed by atoms with E-state index in [4.69, 9.17) is 0 Å². The maximum absolute atomic E-state index is 13.5. The predicted octanol–water partition coefficient (Wildman–Crippen LogP) is 2.36. The first-order valence-corrected chi connectivity index (χ1v) is 6.50. The molecule has 0 saturated carbocycles. The van der Waals surface area contributed by atoms with E-state index in [1.165, 1.54) is 19.1 Å². The quantitative estimate of drug-likeness (QED) is 0.646. The second-order valence-corrected chi connectivity index (χ2v) is 4.64. The van der Waals surface area contributed by atoms with Gasteiger partial charge in [0.15, 0.2) is 0 Å². The zero-order valence-electron chi connectivity index (χ0n) is 12.4. The van der Waals surface area contributed by atoms with Gasteiger partial charge in [0, 0.05) is 12.6 Å². The van der Waals surface area contributed by atoms with Crippen LogP contribution in [-0.4, -0.2) is 30.3 Å². The number of anilines is 1. The first kappa shape index (κ1) is 17.8. The molecule has 1 aromatic rings. The molecule has 0 spiro atoms. The van der Waals surface area contributed by atoms with Gasteiger partial charge >= 0.3 is 17.8 Å². The average Bonchev–Trinajstić information content (AvgIpc) is 2.39. The number of carbonyl (C=O) groups excluding carboxylic acids is 2. The number of hydrogen-bond acceptors (Lipinski definition) is 4.